The molecule has 0 unspecified atom stereocenters. The van der Waals surface area contributed by atoms with Gasteiger partial charge in [-0.3, -0.25) is 0 Å². The third-order valence-corrected chi connectivity index (χ3v) is 5.49. The molecule has 2 bridgehead atoms. The molecule has 6 heteroatoms. The second kappa shape index (κ2) is 6.30. The lowest BCUT2D eigenvalue weighted by atomic mass is 9.84. The van der Waals surface area contributed by atoms with Crippen molar-refractivity contribution in [1.29, 1.82) is 0 Å². The molecule has 4 atom stereocenters. The van der Waals surface area contributed by atoms with E-state index in [4.69, 9.17) is 12.2 Å². The quantitative estimate of drug-likeness (QED) is 0.771. The number of halogens is 3. The number of para-hydroxylation sites is 1. The van der Waals surface area contributed by atoms with Crippen molar-refractivity contribution < 1.29 is 13.2 Å². The summed E-state index contributed by atoms with van der Waals surface area (Å²) in [5.41, 5.74) is -0.700. The van der Waals surface area contributed by atoms with Gasteiger partial charge in [-0.25, -0.2) is 0 Å². The predicted molar refractivity (Wildman–Crippen MR) is 89.2 cm³/mol. The highest BCUT2D eigenvalue weighted by Gasteiger charge is 2.42. The van der Waals surface area contributed by atoms with Crippen LogP contribution in [0.15, 0.2) is 24.3 Å². The monoisotopic (exact) mass is 342 g/mol. The highest BCUT2D eigenvalue weighted by atomic mass is 32.1. The lowest BCUT2D eigenvalue weighted by Gasteiger charge is -2.29. The van der Waals surface area contributed by atoms with Gasteiger partial charge in [0.25, 0.3) is 0 Å². The highest BCUT2D eigenvalue weighted by molar-refractivity contribution is 7.80. The average molecular weight is 342 g/mol. The average Bonchev–Trinajstić information content (AvgIpc) is 3.09. The Labute approximate surface area is 139 Å². The summed E-state index contributed by atoms with van der Waals surface area (Å²) < 4.78 is 39.0. The van der Waals surface area contributed by atoms with Gasteiger partial charge in [0.2, 0.25) is 0 Å². The number of nitrogens with one attached hydrogen (secondary N) is 2. The van der Waals surface area contributed by atoms with Crippen molar-refractivity contribution in [2.45, 2.75) is 44.8 Å². The minimum atomic E-state index is -4.39. The van der Waals surface area contributed by atoms with Crippen LogP contribution >= 0.6 is 12.2 Å². The van der Waals surface area contributed by atoms with Gasteiger partial charge in [-0.15, -0.1) is 0 Å². The van der Waals surface area contributed by atoms with Crippen LogP contribution in [0.4, 0.5) is 18.9 Å². The first-order valence-electron chi connectivity index (χ1n) is 8.08. The second-order valence-corrected chi connectivity index (χ2v) is 7.18. The minimum Gasteiger partial charge on any atom is -0.360 e. The predicted octanol–water partition coefficient (Wildman–Crippen LogP) is 4.82. The van der Waals surface area contributed by atoms with Crippen molar-refractivity contribution in [3.63, 3.8) is 0 Å². The summed E-state index contributed by atoms with van der Waals surface area (Å²) in [4.78, 5) is 0. The van der Waals surface area contributed by atoms with Crippen LogP contribution in [-0.4, -0.2) is 11.2 Å². The maximum Gasteiger partial charge on any atom is 0.418 e. The number of hydrogen-bond donors (Lipinski definition) is 2. The molecule has 3 rings (SSSR count). The highest BCUT2D eigenvalue weighted by Crippen LogP contribution is 2.49. The van der Waals surface area contributed by atoms with Crippen LogP contribution in [-0.2, 0) is 6.18 Å². The molecule has 0 amide bonds. The van der Waals surface area contributed by atoms with Crippen molar-refractivity contribution in [2.75, 3.05) is 5.32 Å². The first-order valence-corrected chi connectivity index (χ1v) is 8.49. The van der Waals surface area contributed by atoms with Crippen molar-refractivity contribution in [3.05, 3.63) is 29.8 Å². The topological polar surface area (TPSA) is 24.1 Å². The molecule has 1 aromatic carbocycles. The summed E-state index contributed by atoms with van der Waals surface area (Å²) in [6.07, 6.45) is 0.720. The SMILES string of the molecule is C[C@H](NC(=S)Nc1ccccc1C(F)(F)F)[C@@H]1C[C@H]2CC[C@H]1C2. The van der Waals surface area contributed by atoms with Crippen LogP contribution in [0.1, 0.15) is 38.2 Å². The Morgan fingerprint density at radius 1 is 1.22 bits per heavy atom. The molecule has 0 heterocycles. The molecule has 2 saturated carbocycles. The number of rotatable bonds is 3. The summed E-state index contributed by atoms with van der Waals surface area (Å²) in [6, 6.07) is 5.59. The largest absolute Gasteiger partial charge is 0.418 e. The lowest BCUT2D eigenvalue weighted by Crippen LogP contribution is -2.42. The van der Waals surface area contributed by atoms with E-state index in [2.05, 4.69) is 17.6 Å². The molecular weight excluding hydrogens is 321 g/mol. The second-order valence-electron chi connectivity index (χ2n) is 6.77. The van der Waals surface area contributed by atoms with E-state index in [9.17, 15) is 13.2 Å². The summed E-state index contributed by atoms with van der Waals surface area (Å²) in [6.45, 7) is 2.08. The fourth-order valence-corrected chi connectivity index (χ4v) is 4.51. The third-order valence-electron chi connectivity index (χ3n) is 5.27. The summed E-state index contributed by atoms with van der Waals surface area (Å²) in [7, 11) is 0. The fourth-order valence-electron chi connectivity index (χ4n) is 4.22. The Morgan fingerprint density at radius 2 is 1.96 bits per heavy atom. The van der Waals surface area contributed by atoms with Gasteiger partial charge in [0, 0.05) is 6.04 Å². The molecule has 2 aliphatic carbocycles. The van der Waals surface area contributed by atoms with Crippen LogP contribution in [0, 0.1) is 17.8 Å². The van der Waals surface area contributed by atoms with Crippen LogP contribution < -0.4 is 10.6 Å². The Morgan fingerprint density at radius 3 is 2.57 bits per heavy atom. The smallest absolute Gasteiger partial charge is 0.360 e. The Bertz CT molecular complexity index is 587. The molecule has 2 nitrogen and oxygen atoms in total. The van der Waals surface area contributed by atoms with Gasteiger partial charge in [0.05, 0.1) is 11.3 Å². The van der Waals surface area contributed by atoms with E-state index in [1.807, 2.05) is 0 Å². The summed E-state index contributed by atoms with van der Waals surface area (Å²) >= 11 is 5.23. The molecule has 1 aromatic rings. The molecule has 0 radical (unpaired) electrons. The molecular formula is C17H21F3N2S. The van der Waals surface area contributed by atoms with E-state index in [-0.39, 0.29) is 16.8 Å². The van der Waals surface area contributed by atoms with E-state index in [0.717, 1.165) is 17.9 Å². The van der Waals surface area contributed by atoms with E-state index in [1.54, 1.807) is 6.07 Å². The molecule has 0 aliphatic heterocycles. The number of alkyl halides is 3. The maximum atomic E-state index is 13.0. The van der Waals surface area contributed by atoms with E-state index < -0.39 is 11.7 Å². The minimum absolute atomic E-state index is 0.00218. The molecule has 2 aliphatic rings. The third kappa shape index (κ3) is 3.62. The van der Waals surface area contributed by atoms with Crippen molar-refractivity contribution in [1.82, 2.24) is 5.32 Å². The number of fused-ring (bicyclic) bond motifs is 2. The number of benzene rings is 1. The van der Waals surface area contributed by atoms with Crippen molar-refractivity contribution in [2.24, 2.45) is 17.8 Å². The maximum absolute atomic E-state index is 13.0. The van der Waals surface area contributed by atoms with E-state index >= 15 is 0 Å². The van der Waals surface area contributed by atoms with Gasteiger partial charge in [0.1, 0.15) is 0 Å². The van der Waals surface area contributed by atoms with Crippen molar-refractivity contribution in [3.8, 4) is 0 Å². The molecule has 0 spiro atoms. The van der Waals surface area contributed by atoms with Gasteiger partial charge < -0.3 is 10.6 Å². The Balaban J connectivity index is 1.62. The van der Waals surface area contributed by atoms with Crippen molar-refractivity contribution >= 4 is 23.0 Å². The first kappa shape index (κ1) is 16.6. The van der Waals surface area contributed by atoms with Gasteiger partial charge >= 0.3 is 6.18 Å². The lowest BCUT2D eigenvalue weighted by molar-refractivity contribution is -0.136. The van der Waals surface area contributed by atoms with E-state index in [1.165, 1.54) is 37.8 Å². The molecule has 0 aromatic heterocycles. The zero-order chi connectivity index (χ0) is 16.6. The number of hydrogen-bond acceptors (Lipinski definition) is 1. The Hall–Kier alpha value is -1.30. The number of thiocarbonyl (C=S) groups is 1. The molecule has 2 fully saturated rings. The van der Waals surface area contributed by atoms with Gasteiger partial charge in [0.15, 0.2) is 5.11 Å². The molecule has 23 heavy (non-hydrogen) atoms. The van der Waals surface area contributed by atoms with Crippen LogP contribution in [0.2, 0.25) is 0 Å². The van der Waals surface area contributed by atoms with Crippen LogP contribution in [0.25, 0.3) is 0 Å². The molecule has 126 valence electrons. The first-order chi connectivity index (χ1) is 10.8. The molecule has 0 saturated heterocycles. The summed E-state index contributed by atoms with van der Waals surface area (Å²) in [5.74, 6) is 2.15. The standard InChI is InChI=1S/C17H21F3N2S/c1-10(13-9-11-6-7-12(13)8-11)21-16(23)22-15-5-3-2-4-14(15)17(18,19)20/h2-5,10-13H,6-9H2,1H3,(H2,21,22,23)/t10-,11-,12-,13-/m0/s1. The zero-order valence-corrected chi connectivity index (χ0v) is 13.8. The number of anilines is 1. The van der Waals surface area contributed by atoms with Gasteiger partial charge in [-0.1, -0.05) is 18.6 Å². The van der Waals surface area contributed by atoms with Gasteiger partial charge in [-0.05, 0) is 68.3 Å². The normalized spacial score (nSPS) is 27.7. The molecule has 2 N–H and O–H groups in total. The fraction of sp³-hybridized carbons (Fsp3) is 0.588. The summed E-state index contributed by atoms with van der Waals surface area (Å²) in [5, 5.41) is 6.16. The zero-order valence-electron chi connectivity index (χ0n) is 13.0. The van der Waals surface area contributed by atoms with Crippen LogP contribution in [0.5, 0.6) is 0 Å². The Kier molecular flexibility index (Phi) is 4.54. The van der Waals surface area contributed by atoms with Gasteiger partial charge in [-0.2, -0.15) is 13.2 Å². The van der Waals surface area contributed by atoms with Crippen LogP contribution in [0.3, 0.4) is 0 Å². The van der Waals surface area contributed by atoms with E-state index in [0.29, 0.717) is 5.92 Å².